The van der Waals surface area contributed by atoms with Gasteiger partial charge in [-0.1, -0.05) is 6.07 Å². The van der Waals surface area contributed by atoms with Crippen LogP contribution in [0.1, 0.15) is 30.1 Å². The molecule has 0 spiro atoms. The molecule has 1 atom stereocenters. The summed E-state index contributed by atoms with van der Waals surface area (Å²) >= 11 is 0. The highest BCUT2D eigenvalue weighted by molar-refractivity contribution is 5.97. The summed E-state index contributed by atoms with van der Waals surface area (Å²) in [6.07, 6.45) is 1.71. The van der Waals surface area contributed by atoms with Crippen LogP contribution in [0.3, 0.4) is 0 Å². The van der Waals surface area contributed by atoms with Crippen molar-refractivity contribution in [2.24, 2.45) is 0 Å². The number of ether oxygens (including phenoxy) is 1. The molecule has 0 radical (unpaired) electrons. The minimum absolute atomic E-state index is 0.155. The summed E-state index contributed by atoms with van der Waals surface area (Å²) < 4.78 is 5.27. The van der Waals surface area contributed by atoms with Crippen molar-refractivity contribution >= 4 is 17.5 Å². The Morgan fingerprint density at radius 1 is 1.38 bits per heavy atom. The molecule has 1 saturated heterocycles. The number of benzene rings is 1. The first-order valence-corrected chi connectivity index (χ1v) is 7.79. The maximum absolute atomic E-state index is 12.4. The minimum atomic E-state index is -0.698. The van der Waals surface area contributed by atoms with Crippen molar-refractivity contribution < 1.29 is 19.2 Å². The number of nitrogens with one attached hydrogen (secondary N) is 1. The number of piperidine rings is 1. The quantitative estimate of drug-likeness (QED) is 0.646. The lowest BCUT2D eigenvalue weighted by Crippen LogP contribution is -2.50. The van der Waals surface area contributed by atoms with E-state index in [1.807, 2.05) is 0 Å². The number of carbonyl (C=O) groups excluding carboxylic acids is 2. The van der Waals surface area contributed by atoms with E-state index in [0.29, 0.717) is 13.1 Å². The van der Waals surface area contributed by atoms with E-state index in [1.165, 1.54) is 24.3 Å². The van der Waals surface area contributed by atoms with Gasteiger partial charge in [-0.05, 0) is 25.8 Å². The molecule has 1 aliphatic rings. The standard InChI is InChI=1S/C16H21N3O5/c1-11(16(21)18-8-6-14(24-2)7-9-18)17-15(20)12-4-3-5-13(10-12)19(22)23/h3-5,10-11,14H,6-9H2,1-2H3,(H,17,20)/t11-/m0/s1. The number of nitro groups is 1. The maximum Gasteiger partial charge on any atom is 0.270 e. The molecule has 8 heteroatoms. The van der Waals surface area contributed by atoms with Crippen molar-refractivity contribution in [3.05, 3.63) is 39.9 Å². The molecule has 1 aliphatic heterocycles. The summed E-state index contributed by atoms with van der Waals surface area (Å²) in [6.45, 7) is 2.79. The van der Waals surface area contributed by atoms with Gasteiger partial charge in [0, 0.05) is 37.9 Å². The van der Waals surface area contributed by atoms with Gasteiger partial charge in [-0.2, -0.15) is 0 Å². The van der Waals surface area contributed by atoms with Crippen molar-refractivity contribution in [3.63, 3.8) is 0 Å². The number of nitro benzene ring substituents is 1. The third-order valence-corrected chi connectivity index (χ3v) is 4.12. The number of nitrogens with zero attached hydrogens (tertiary/aromatic N) is 2. The van der Waals surface area contributed by atoms with Crippen molar-refractivity contribution in [2.45, 2.75) is 31.9 Å². The number of hydrogen-bond donors (Lipinski definition) is 1. The summed E-state index contributed by atoms with van der Waals surface area (Å²) in [6, 6.07) is 4.72. The van der Waals surface area contributed by atoms with Crippen molar-refractivity contribution in [3.8, 4) is 0 Å². The summed E-state index contributed by atoms with van der Waals surface area (Å²) in [5, 5.41) is 13.4. The molecule has 1 fully saturated rings. The molecule has 0 aliphatic carbocycles. The van der Waals surface area contributed by atoms with Gasteiger partial charge >= 0.3 is 0 Å². The third kappa shape index (κ3) is 4.29. The Bertz CT molecular complexity index is 626. The fourth-order valence-corrected chi connectivity index (χ4v) is 2.69. The Kier molecular flexibility index (Phi) is 5.86. The first-order chi connectivity index (χ1) is 11.4. The number of non-ortho nitro benzene ring substituents is 1. The summed E-state index contributed by atoms with van der Waals surface area (Å²) in [7, 11) is 1.66. The Balaban J connectivity index is 1.95. The second kappa shape index (κ2) is 7.87. The fraction of sp³-hybridized carbons (Fsp3) is 0.500. The van der Waals surface area contributed by atoms with Gasteiger partial charge in [-0.15, -0.1) is 0 Å². The van der Waals surface area contributed by atoms with Crippen molar-refractivity contribution in [1.82, 2.24) is 10.2 Å². The van der Waals surface area contributed by atoms with Gasteiger partial charge in [-0.25, -0.2) is 0 Å². The summed E-state index contributed by atoms with van der Waals surface area (Å²) in [5.41, 5.74) is -0.00907. The third-order valence-electron chi connectivity index (χ3n) is 4.12. The van der Waals surface area contributed by atoms with Gasteiger partial charge in [0.25, 0.3) is 11.6 Å². The minimum Gasteiger partial charge on any atom is -0.381 e. The normalized spacial score (nSPS) is 16.5. The van der Waals surface area contributed by atoms with Crippen LogP contribution in [-0.2, 0) is 9.53 Å². The molecular weight excluding hydrogens is 314 g/mol. The molecule has 0 bridgehead atoms. The topological polar surface area (TPSA) is 102 Å². The first-order valence-electron chi connectivity index (χ1n) is 7.79. The average Bonchev–Trinajstić information content (AvgIpc) is 2.61. The molecule has 8 nitrogen and oxygen atoms in total. The number of hydrogen-bond acceptors (Lipinski definition) is 5. The molecule has 0 unspecified atom stereocenters. The van der Waals surface area contributed by atoms with E-state index in [9.17, 15) is 19.7 Å². The van der Waals surface area contributed by atoms with Crippen LogP contribution >= 0.6 is 0 Å². The second-order valence-corrected chi connectivity index (χ2v) is 5.76. The van der Waals surface area contributed by atoms with Crippen LogP contribution in [0.2, 0.25) is 0 Å². The molecule has 24 heavy (non-hydrogen) atoms. The van der Waals surface area contributed by atoms with Gasteiger partial charge in [-0.3, -0.25) is 19.7 Å². The van der Waals surface area contributed by atoms with Gasteiger partial charge < -0.3 is 15.0 Å². The predicted molar refractivity (Wildman–Crippen MR) is 86.6 cm³/mol. The van der Waals surface area contributed by atoms with E-state index in [4.69, 9.17) is 4.74 Å². The van der Waals surface area contributed by atoms with Crippen molar-refractivity contribution in [1.29, 1.82) is 0 Å². The van der Waals surface area contributed by atoms with E-state index in [0.717, 1.165) is 12.8 Å². The van der Waals surface area contributed by atoms with Crippen LogP contribution in [-0.4, -0.2) is 54.0 Å². The zero-order valence-corrected chi connectivity index (χ0v) is 13.7. The van der Waals surface area contributed by atoms with Crippen LogP contribution in [0, 0.1) is 10.1 Å². The van der Waals surface area contributed by atoms with Crippen LogP contribution in [0.4, 0.5) is 5.69 Å². The number of amides is 2. The lowest BCUT2D eigenvalue weighted by Gasteiger charge is -2.33. The van der Waals surface area contributed by atoms with Crippen LogP contribution in [0.5, 0.6) is 0 Å². The predicted octanol–water partition coefficient (Wildman–Crippen LogP) is 1.35. The highest BCUT2D eigenvalue weighted by Crippen LogP contribution is 2.15. The molecule has 2 amide bonds. The Labute approximate surface area is 139 Å². The lowest BCUT2D eigenvalue weighted by molar-refractivity contribution is -0.384. The maximum atomic E-state index is 12.4. The van der Waals surface area contributed by atoms with Crippen LogP contribution in [0.25, 0.3) is 0 Å². The summed E-state index contributed by atoms with van der Waals surface area (Å²) in [4.78, 5) is 36.5. The van der Waals surface area contributed by atoms with E-state index in [-0.39, 0.29) is 23.3 Å². The smallest absolute Gasteiger partial charge is 0.270 e. The zero-order valence-electron chi connectivity index (χ0n) is 13.7. The highest BCUT2D eigenvalue weighted by atomic mass is 16.6. The van der Waals surface area contributed by atoms with Crippen LogP contribution < -0.4 is 5.32 Å². The van der Waals surface area contributed by atoms with E-state index < -0.39 is 16.9 Å². The van der Waals surface area contributed by atoms with Gasteiger partial charge in [0.1, 0.15) is 6.04 Å². The van der Waals surface area contributed by atoms with E-state index in [1.54, 1.807) is 18.9 Å². The second-order valence-electron chi connectivity index (χ2n) is 5.76. The first kappa shape index (κ1) is 17.9. The number of carbonyl (C=O) groups is 2. The molecule has 0 saturated carbocycles. The zero-order chi connectivity index (χ0) is 17.7. The van der Waals surface area contributed by atoms with Gasteiger partial charge in [0.15, 0.2) is 0 Å². The molecule has 1 aromatic carbocycles. The summed E-state index contributed by atoms with van der Waals surface area (Å²) in [5.74, 6) is -0.672. The molecule has 1 aromatic rings. The molecule has 1 N–H and O–H groups in total. The number of rotatable bonds is 5. The van der Waals surface area contributed by atoms with E-state index in [2.05, 4.69) is 5.32 Å². The molecular formula is C16H21N3O5. The molecule has 130 valence electrons. The molecule has 1 heterocycles. The Morgan fingerprint density at radius 3 is 2.62 bits per heavy atom. The highest BCUT2D eigenvalue weighted by Gasteiger charge is 2.27. The molecule has 2 rings (SSSR count). The van der Waals surface area contributed by atoms with Crippen LogP contribution in [0.15, 0.2) is 24.3 Å². The van der Waals surface area contributed by atoms with Crippen molar-refractivity contribution in [2.75, 3.05) is 20.2 Å². The largest absolute Gasteiger partial charge is 0.381 e. The lowest BCUT2D eigenvalue weighted by atomic mass is 10.1. The van der Waals surface area contributed by atoms with Gasteiger partial charge in [0.2, 0.25) is 5.91 Å². The fourth-order valence-electron chi connectivity index (χ4n) is 2.69. The number of likely N-dealkylation sites (tertiary alicyclic amines) is 1. The SMILES string of the molecule is COC1CCN(C(=O)[C@H](C)NC(=O)c2cccc([N+](=O)[O-])c2)CC1. The Morgan fingerprint density at radius 2 is 2.04 bits per heavy atom. The van der Waals surface area contributed by atoms with Gasteiger partial charge in [0.05, 0.1) is 11.0 Å². The monoisotopic (exact) mass is 335 g/mol. The number of methoxy groups -OCH3 is 1. The Hall–Kier alpha value is -2.48. The van der Waals surface area contributed by atoms with E-state index >= 15 is 0 Å². The molecule has 0 aromatic heterocycles. The average molecular weight is 335 g/mol.